The van der Waals surface area contributed by atoms with Crippen LogP contribution in [0.5, 0.6) is 0 Å². The summed E-state index contributed by atoms with van der Waals surface area (Å²) >= 11 is 0. The summed E-state index contributed by atoms with van der Waals surface area (Å²) in [5, 5.41) is 12.4. The predicted molar refractivity (Wildman–Crippen MR) is 78.1 cm³/mol. The third-order valence-electron chi connectivity index (χ3n) is 4.86. The molecule has 21 heavy (non-hydrogen) atoms. The summed E-state index contributed by atoms with van der Waals surface area (Å²) in [6.45, 7) is 4.09. The molecule has 2 rings (SSSR count). The number of carboxylic acid groups (broad SMARTS) is 1. The Balaban J connectivity index is 1.95. The molecule has 0 spiro atoms. The normalized spacial score (nSPS) is 33.0. The van der Waals surface area contributed by atoms with Crippen molar-refractivity contribution in [2.75, 3.05) is 26.8 Å². The van der Waals surface area contributed by atoms with Gasteiger partial charge in [0.25, 0.3) is 0 Å². The van der Waals surface area contributed by atoms with Crippen LogP contribution in [0, 0.1) is 11.8 Å². The molecule has 0 bridgehead atoms. The molecule has 1 aliphatic heterocycles. The Morgan fingerprint density at radius 1 is 1.33 bits per heavy atom. The largest absolute Gasteiger partial charge is 0.480 e. The van der Waals surface area contributed by atoms with Gasteiger partial charge in [-0.05, 0) is 38.0 Å². The molecule has 2 fully saturated rings. The quantitative estimate of drug-likeness (QED) is 0.828. The van der Waals surface area contributed by atoms with Crippen LogP contribution < -0.4 is 5.32 Å². The second-order valence-electron chi connectivity index (χ2n) is 6.56. The number of urea groups is 1. The van der Waals surface area contributed by atoms with Crippen molar-refractivity contribution in [2.45, 2.75) is 44.6 Å². The zero-order valence-corrected chi connectivity index (χ0v) is 12.9. The topological polar surface area (TPSA) is 78.9 Å². The smallest absolute Gasteiger partial charge is 0.329 e. The third kappa shape index (κ3) is 3.67. The molecule has 1 unspecified atom stereocenters. The summed E-state index contributed by atoms with van der Waals surface area (Å²) in [5.41, 5.74) is -1.08. The highest BCUT2D eigenvalue weighted by Crippen LogP contribution is 2.32. The predicted octanol–water partition coefficient (Wildman–Crippen LogP) is 1.70. The fourth-order valence-electron chi connectivity index (χ4n) is 3.32. The molecule has 0 aromatic carbocycles. The van der Waals surface area contributed by atoms with Crippen LogP contribution in [-0.4, -0.2) is 54.4 Å². The summed E-state index contributed by atoms with van der Waals surface area (Å²) in [5.74, 6) is -0.0180. The number of nitrogens with one attached hydrogen (secondary N) is 1. The number of carboxylic acids is 1. The van der Waals surface area contributed by atoms with Crippen LogP contribution in [0.4, 0.5) is 4.79 Å². The van der Waals surface area contributed by atoms with Gasteiger partial charge >= 0.3 is 12.0 Å². The van der Waals surface area contributed by atoms with E-state index < -0.39 is 11.5 Å². The van der Waals surface area contributed by atoms with Crippen LogP contribution in [0.3, 0.4) is 0 Å². The average Bonchev–Trinajstić information content (AvgIpc) is 2.90. The fraction of sp³-hybridized carbons (Fsp3) is 0.867. The lowest BCUT2D eigenvalue weighted by atomic mass is 9.77. The van der Waals surface area contributed by atoms with E-state index in [1.165, 1.54) is 0 Å². The Hall–Kier alpha value is -1.30. The minimum atomic E-state index is -1.08. The van der Waals surface area contributed by atoms with Gasteiger partial charge in [0.05, 0.1) is 6.61 Å². The first-order valence-electron chi connectivity index (χ1n) is 7.76. The molecule has 6 heteroatoms. The molecule has 2 amide bonds. The van der Waals surface area contributed by atoms with Gasteiger partial charge in [-0.25, -0.2) is 9.59 Å². The van der Waals surface area contributed by atoms with Gasteiger partial charge in [0, 0.05) is 26.1 Å². The molecule has 1 saturated carbocycles. The summed E-state index contributed by atoms with van der Waals surface area (Å²) in [6.07, 6.45) is 3.64. The number of ether oxygens (including phenoxy) is 1. The van der Waals surface area contributed by atoms with Crippen LogP contribution in [0.25, 0.3) is 0 Å². The maximum absolute atomic E-state index is 12.4. The first kappa shape index (κ1) is 16.1. The molecule has 120 valence electrons. The molecule has 1 atom stereocenters. The number of amides is 2. The highest BCUT2D eigenvalue weighted by Gasteiger charge is 2.43. The van der Waals surface area contributed by atoms with E-state index in [0.717, 1.165) is 19.3 Å². The molecule has 0 aromatic heterocycles. The number of hydrogen-bond donors (Lipinski definition) is 2. The van der Waals surface area contributed by atoms with Crippen molar-refractivity contribution < 1.29 is 19.4 Å². The van der Waals surface area contributed by atoms with Crippen LogP contribution >= 0.6 is 0 Å². The van der Waals surface area contributed by atoms with E-state index >= 15 is 0 Å². The van der Waals surface area contributed by atoms with Gasteiger partial charge in [0.1, 0.15) is 5.54 Å². The van der Waals surface area contributed by atoms with Gasteiger partial charge in [0.15, 0.2) is 0 Å². The van der Waals surface area contributed by atoms with E-state index in [4.69, 9.17) is 4.74 Å². The van der Waals surface area contributed by atoms with Crippen molar-refractivity contribution in [3.8, 4) is 0 Å². The monoisotopic (exact) mass is 298 g/mol. The van der Waals surface area contributed by atoms with Crippen LogP contribution in [-0.2, 0) is 9.53 Å². The molecule has 1 saturated heterocycles. The number of carbonyl (C=O) groups excluding carboxylic acids is 1. The van der Waals surface area contributed by atoms with Crippen molar-refractivity contribution in [3.63, 3.8) is 0 Å². The van der Waals surface area contributed by atoms with E-state index in [0.29, 0.717) is 44.4 Å². The first-order valence-corrected chi connectivity index (χ1v) is 7.76. The Morgan fingerprint density at radius 3 is 2.57 bits per heavy atom. The van der Waals surface area contributed by atoms with Gasteiger partial charge < -0.3 is 20.1 Å². The van der Waals surface area contributed by atoms with Gasteiger partial charge in [-0.2, -0.15) is 0 Å². The third-order valence-corrected chi connectivity index (χ3v) is 4.86. The van der Waals surface area contributed by atoms with E-state index in [-0.39, 0.29) is 6.03 Å². The van der Waals surface area contributed by atoms with Crippen molar-refractivity contribution >= 4 is 12.0 Å². The summed E-state index contributed by atoms with van der Waals surface area (Å²) < 4.78 is 5.12. The highest BCUT2D eigenvalue weighted by atomic mass is 16.5. The lowest BCUT2D eigenvalue weighted by molar-refractivity contribution is -0.146. The second kappa shape index (κ2) is 6.64. The van der Waals surface area contributed by atoms with E-state index in [2.05, 4.69) is 12.2 Å². The number of carbonyl (C=O) groups is 2. The number of hydrogen-bond acceptors (Lipinski definition) is 3. The maximum Gasteiger partial charge on any atom is 0.329 e. The number of methoxy groups -OCH3 is 1. The molecular weight excluding hydrogens is 272 g/mol. The molecule has 2 aliphatic rings. The number of rotatable bonds is 4. The standard InChI is InChI=1S/C15H26N2O4/c1-11-3-6-15(7-4-11,13(18)19)16-14(20)17-8-5-12(9-17)10-21-2/h11-12H,3-10H2,1-2H3,(H,16,20)(H,18,19). The van der Waals surface area contributed by atoms with E-state index in [1.54, 1.807) is 12.0 Å². The summed E-state index contributed by atoms with van der Waals surface area (Å²) in [4.78, 5) is 25.7. The molecule has 6 nitrogen and oxygen atoms in total. The SMILES string of the molecule is COCC1CCN(C(=O)NC2(C(=O)O)CCC(C)CC2)C1. The highest BCUT2D eigenvalue weighted by molar-refractivity contribution is 5.86. The van der Waals surface area contributed by atoms with Crippen LogP contribution in [0.15, 0.2) is 0 Å². The minimum absolute atomic E-state index is 0.245. The lowest BCUT2D eigenvalue weighted by Gasteiger charge is -2.37. The summed E-state index contributed by atoms with van der Waals surface area (Å²) in [7, 11) is 1.66. The van der Waals surface area contributed by atoms with Crippen LogP contribution in [0.2, 0.25) is 0 Å². The van der Waals surface area contributed by atoms with Crippen molar-refractivity contribution in [2.24, 2.45) is 11.8 Å². The Kier molecular flexibility index (Phi) is 5.08. The number of aliphatic carboxylic acids is 1. The fourth-order valence-corrected chi connectivity index (χ4v) is 3.32. The second-order valence-corrected chi connectivity index (χ2v) is 6.56. The van der Waals surface area contributed by atoms with Crippen molar-refractivity contribution in [3.05, 3.63) is 0 Å². The van der Waals surface area contributed by atoms with E-state index in [1.807, 2.05) is 0 Å². The van der Waals surface area contributed by atoms with Gasteiger partial charge in [-0.15, -0.1) is 0 Å². The van der Waals surface area contributed by atoms with Crippen molar-refractivity contribution in [1.82, 2.24) is 10.2 Å². The van der Waals surface area contributed by atoms with E-state index in [9.17, 15) is 14.7 Å². The Labute approximate surface area is 125 Å². The lowest BCUT2D eigenvalue weighted by Crippen LogP contribution is -2.59. The number of nitrogens with zero attached hydrogens (tertiary/aromatic N) is 1. The molecule has 1 aliphatic carbocycles. The molecule has 0 aromatic rings. The summed E-state index contributed by atoms with van der Waals surface area (Å²) in [6, 6.07) is -0.245. The molecular formula is C15H26N2O4. The molecule has 2 N–H and O–H groups in total. The molecule has 0 radical (unpaired) electrons. The van der Waals surface area contributed by atoms with Gasteiger partial charge in [0.2, 0.25) is 0 Å². The first-order chi connectivity index (χ1) is 9.97. The maximum atomic E-state index is 12.4. The van der Waals surface area contributed by atoms with Gasteiger partial charge in [-0.3, -0.25) is 0 Å². The van der Waals surface area contributed by atoms with Crippen LogP contribution in [0.1, 0.15) is 39.0 Å². The van der Waals surface area contributed by atoms with Gasteiger partial charge in [-0.1, -0.05) is 6.92 Å². The molecule has 1 heterocycles. The zero-order valence-electron chi connectivity index (χ0n) is 12.9. The Bertz CT molecular complexity index is 391. The zero-order chi connectivity index (χ0) is 15.5. The Morgan fingerprint density at radius 2 is 2.00 bits per heavy atom. The average molecular weight is 298 g/mol. The number of likely N-dealkylation sites (tertiary alicyclic amines) is 1. The van der Waals surface area contributed by atoms with Crippen molar-refractivity contribution in [1.29, 1.82) is 0 Å². The minimum Gasteiger partial charge on any atom is -0.480 e.